The van der Waals surface area contributed by atoms with Gasteiger partial charge in [-0.1, -0.05) is 13.8 Å². The number of aromatic nitrogens is 2. The minimum atomic E-state index is 0.371. The number of hydrogen-bond acceptors (Lipinski definition) is 2. The third kappa shape index (κ3) is 1.54. The van der Waals surface area contributed by atoms with Gasteiger partial charge in [0.15, 0.2) is 0 Å². The van der Waals surface area contributed by atoms with Crippen LogP contribution in [0.5, 0.6) is 0 Å². The Labute approximate surface area is 88.7 Å². The van der Waals surface area contributed by atoms with Gasteiger partial charge in [-0.3, -0.25) is 9.48 Å². The highest BCUT2D eigenvalue weighted by atomic mass is 16.1. The van der Waals surface area contributed by atoms with Crippen LogP contribution in [0.3, 0.4) is 0 Å². The first-order valence-corrected chi connectivity index (χ1v) is 5.05. The highest BCUT2D eigenvalue weighted by Gasteiger charge is 2.11. The van der Waals surface area contributed by atoms with Gasteiger partial charge in [-0.15, -0.1) is 0 Å². The largest absolute Gasteiger partial charge is 0.298 e. The van der Waals surface area contributed by atoms with E-state index in [4.69, 9.17) is 0 Å². The summed E-state index contributed by atoms with van der Waals surface area (Å²) in [4.78, 5) is 10.7. The summed E-state index contributed by atoms with van der Waals surface area (Å²) in [6.07, 6.45) is 0.872. The third-order valence-electron chi connectivity index (χ3n) is 2.59. The lowest BCUT2D eigenvalue weighted by Gasteiger charge is -1.99. The standard InChI is InChI=1S/C12H14N2O/c1-8(2)12-10-6-9(7-15)4-5-11(10)14(3)13-12/h4-8H,1-3H3. The number of nitrogens with zero attached hydrogens (tertiary/aromatic N) is 2. The summed E-state index contributed by atoms with van der Waals surface area (Å²) in [6.45, 7) is 4.21. The lowest BCUT2D eigenvalue weighted by atomic mass is 10.0. The van der Waals surface area contributed by atoms with E-state index in [-0.39, 0.29) is 0 Å². The Morgan fingerprint density at radius 3 is 2.73 bits per heavy atom. The Hall–Kier alpha value is -1.64. The van der Waals surface area contributed by atoms with Gasteiger partial charge in [0.1, 0.15) is 6.29 Å². The molecule has 0 aliphatic rings. The van der Waals surface area contributed by atoms with Gasteiger partial charge >= 0.3 is 0 Å². The number of carbonyl (C=O) groups is 1. The number of rotatable bonds is 2. The molecule has 15 heavy (non-hydrogen) atoms. The van der Waals surface area contributed by atoms with Gasteiger partial charge in [0, 0.05) is 18.0 Å². The van der Waals surface area contributed by atoms with Crippen molar-refractivity contribution in [1.29, 1.82) is 0 Å². The van der Waals surface area contributed by atoms with Crippen molar-refractivity contribution in [3.63, 3.8) is 0 Å². The Balaban J connectivity index is 2.77. The molecule has 0 N–H and O–H groups in total. The molecule has 0 amide bonds. The first kappa shape index (κ1) is 9.90. The number of aldehydes is 1. The van der Waals surface area contributed by atoms with E-state index >= 15 is 0 Å². The molecule has 2 rings (SSSR count). The molecule has 0 aliphatic carbocycles. The highest BCUT2D eigenvalue weighted by Crippen LogP contribution is 2.24. The zero-order valence-corrected chi connectivity index (χ0v) is 9.19. The summed E-state index contributed by atoms with van der Waals surface area (Å²) < 4.78 is 1.86. The number of aryl methyl sites for hydroxylation is 1. The van der Waals surface area contributed by atoms with Crippen molar-refractivity contribution < 1.29 is 4.79 Å². The van der Waals surface area contributed by atoms with Crippen LogP contribution in [-0.2, 0) is 7.05 Å². The lowest BCUT2D eigenvalue weighted by molar-refractivity contribution is 0.112. The van der Waals surface area contributed by atoms with E-state index in [1.807, 2.05) is 29.9 Å². The molecule has 3 nitrogen and oxygen atoms in total. The minimum Gasteiger partial charge on any atom is -0.298 e. The van der Waals surface area contributed by atoms with Gasteiger partial charge < -0.3 is 0 Å². The van der Waals surface area contributed by atoms with E-state index in [0.717, 1.165) is 22.9 Å². The molecule has 78 valence electrons. The fourth-order valence-electron chi connectivity index (χ4n) is 1.81. The number of hydrogen-bond donors (Lipinski definition) is 0. The summed E-state index contributed by atoms with van der Waals surface area (Å²) in [5, 5.41) is 5.55. The SMILES string of the molecule is CC(C)c1nn(C)c2ccc(C=O)cc12. The van der Waals surface area contributed by atoms with Crippen LogP contribution in [0.1, 0.15) is 35.8 Å². The van der Waals surface area contributed by atoms with Gasteiger partial charge in [-0.05, 0) is 24.1 Å². The Morgan fingerprint density at radius 1 is 1.40 bits per heavy atom. The van der Waals surface area contributed by atoms with Crippen LogP contribution in [0.4, 0.5) is 0 Å². The van der Waals surface area contributed by atoms with Crippen LogP contribution >= 0.6 is 0 Å². The monoisotopic (exact) mass is 202 g/mol. The zero-order chi connectivity index (χ0) is 11.0. The summed E-state index contributed by atoms with van der Waals surface area (Å²) >= 11 is 0. The second kappa shape index (κ2) is 3.50. The molecular weight excluding hydrogens is 188 g/mol. The lowest BCUT2D eigenvalue weighted by Crippen LogP contribution is -1.92. The minimum absolute atomic E-state index is 0.371. The molecule has 1 heterocycles. The average Bonchev–Trinajstić information content (AvgIpc) is 2.56. The molecule has 0 saturated heterocycles. The second-order valence-corrected chi connectivity index (χ2v) is 4.06. The highest BCUT2D eigenvalue weighted by molar-refractivity contribution is 5.89. The molecule has 2 aromatic rings. The van der Waals surface area contributed by atoms with Gasteiger partial charge in [-0.25, -0.2) is 0 Å². The molecule has 0 spiro atoms. The van der Waals surface area contributed by atoms with Gasteiger partial charge in [-0.2, -0.15) is 5.10 Å². The molecule has 3 heteroatoms. The van der Waals surface area contributed by atoms with E-state index in [1.54, 1.807) is 0 Å². The van der Waals surface area contributed by atoms with Crippen LogP contribution in [0.2, 0.25) is 0 Å². The first-order chi connectivity index (χ1) is 7.13. The quantitative estimate of drug-likeness (QED) is 0.701. The first-order valence-electron chi connectivity index (χ1n) is 5.05. The fourth-order valence-corrected chi connectivity index (χ4v) is 1.81. The molecule has 0 radical (unpaired) electrons. The van der Waals surface area contributed by atoms with Crippen LogP contribution in [0.15, 0.2) is 18.2 Å². The molecule has 0 fully saturated rings. The zero-order valence-electron chi connectivity index (χ0n) is 9.19. The Kier molecular flexibility index (Phi) is 2.31. The van der Waals surface area contributed by atoms with Crippen LogP contribution < -0.4 is 0 Å². The molecule has 0 bridgehead atoms. The average molecular weight is 202 g/mol. The van der Waals surface area contributed by atoms with Gasteiger partial charge in [0.25, 0.3) is 0 Å². The van der Waals surface area contributed by atoms with Gasteiger partial charge in [0.2, 0.25) is 0 Å². The molecule has 0 unspecified atom stereocenters. The van der Waals surface area contributed by atoms with Crippen molar-refractivity contribution in [3.8, 4) is 0 Å². The van der Waals surface area contributed by atoms with E-state index in [2.05, 4.69) is 18.9 Å². The summed E-state index contributed by atoms with van der Waals surface area (Å²) in [5.41, 5.74) is 2.83. The van der Waals surface area contributed by atoms with Gasteiger partial charge in [0.05, 0.1) is 11.2 Å². The molecule has 0 atom stereocenters. The van der Waals surface area contributed by atoms with Crippen LogP contribution in [-0.4, -0.2) is 16.1 Å². The Bertz CT molecular complexity index is 512. The summed E-state index contributed by atoms with van der Waals surface area (Å²) in [7, 11) is 1.93. The topological polar surface area (TPSA) is 34.9 Å². The maximum atomic E-state index is 10.7. The summed E-state index contributed by atoms with van der Waals surface area (Å²) in [5.74, 6) is 0.371. The number of carbonyl (C=O) groups excluding carboxylic acids is 1. The van der Waals surface area contributed by atoms with Crippen LogP contribution in [0.25, 0.3) is 10.9 Å². The molecule has 0 saturated carbocycles. The summed E-state index contributed by atoms with van der Waals surface area (Å²) in [6, 6.07) is 5.67. The molecular formula is C12H14N2O. The van der Waals surface area contributed by atoms with E-state index in [1.165, 1.54) is 0 Å². The third-order valence-corrected chi connectivity index (χ3v) is 2.59. The maximum Gasteiger partial charge on any atom is 0.150 e. The van der Waals surface area contributed by atoms with Crippen molar-refractivity contribution in [2.45, 2.75) is 19.8 Å². The van der Waals surface area contributed by atoms with Crippen molar-refractivity contribution in [1.82, 2.24) is 9.78 Å². The predicted molar refractivity (Wildman–Crippen MR) is 60.2 cm³/mol. The number of benzene rings is 1. The smallest absolute Gasteiger partial charge is 0.150 e. The molecule has 1 aromatic carbocycles. The molecule has 0 aliphatic heterocycles. The van der Waals surface area contributed by atoms with Crippen molar-refractivity contribution in [3.05, 3.63) is 29.5 Å². The Morgan fingerprint density at radius 2 is 2.13 bits per heavy atom. The van der Waals surface area contributed by atoms with Crippen LogP contribution in [0, 0.1) is 0 Å². The number of fused-ring (bicyclic) bond motifs is 1. The van der Waals surface area contributed by atoms with Crippen molar-refractivity contribution >= 4 is 17.2 Å². The van der Waals surface area contributed by atoms with E-state index < -0.39 is 0 Å². The molecule has 1 aromatic heterocycles. The van der Waals surface area contributed by atoms with Crippen molar-refractivity contribution in [2.24, 2.45) is 7.05 Å². The second-order valence-electron chi connectivity index (χ2n) is 4.06. The predicted octanol–water partition coefficient (Wildman–Crippen LogP) is 2.51. The van der Waals surface area contributed by atoms with E-state index in [0.29, 0.717) is 11.5 Å². The maximum absolute atomic E-state index is 10.7. The fraction of sp³-hybridized carbons (Fsp3) is 0.333. The normalized spacial score (nSPS) is 11.2. The van der Waals surface area contributed by atoms with Crippen molar-refractivity contribution in [2.75, 3.05) is 0 Å². The van der Waals surface area contributed by atoms with E-state index in [9.17, 15) is 4.79 Å².